The molecule has 25 heavy (non-hydrogen) atoms. The second-order valence-corrected chi connectivity index (χ2v) is 6.81. The predicted molar refractivity (Wildman–Crippen MR) is 104 cm³/mol. The minimum atomic E-state index is -1.09. The zero-order valence-electron chi connectivity index (χ0n) is 13.2. The van der Waals surface area contributed by atoms with Crippen LogP contribution in [0, 0.1) is 0 Å². The minimum Gasteiger partial charge on any atom is -0.478 e. The van der Waals surface area contributed by atoms with Gasteiger partial charge in [-0.05, 0) is 23.8 Å². The average molecular weight is 370 g/mol. The number of amides is 1. The molecule has 1 heterocycles. The number of benzene rings is 2. The number of rotatable bonds is 4. The molecule has 2 N–H and O–H groups in total. The number of carboxylic acids is 1. The number of anilines is 1. The molecule has 7 heteroatoms. The number of carboxylic acid groups (broad SMARTS) is 1. The summed E-state index contributed by atoms with van der Waals surface area (Å²) in [5.74, 6) is -1.43. The fraction of sp³-hybridized carbons (Fsp3) is 0. The fourth-order valence-electron chi connectivity index (χ4n) is 2.47. The third kappa shape index (κ3) is 3.75. The van der Waals surface area contributed by atoms with Gasteiger partial charge in [-0.1, -0.05) is 47.4 Å². The van der Waals surface area contributed by atoms with Crippen molar-refractivity contribution in [2.45, 2.75) is 0 Å². The molecule has 0 atom stereocenters. The highest BCUT2D eigenvalue weighted by atomic mass is 35.5. The van der Waals surface area contributed by atoms with Crippen molar-refractivity contribution in [2.24, 2.45) is 0 Å². The molecule has 0 aliphatic carbocycles. The van der Waals surface area contributed by atoms with Gasteiger partial charge in [-0.3, -0.25) is 4.79 Å². The number of thiophene rings is 1. The van der Waals surface area contributed by atoms with E-state index in [4.69, 9.17) is 11.6 Å². The molecule has 124 valence electrons. The Kier molecular flexibility index (Phi) is 4.92. The molecule has 3 rings (SSSR count). The Morgan fingerprint density at radius 1 is 1.12 bits per heavy atom. The lowest BCUT2D eigenvalue weighted by Gasteiger charge is -2.07. The number of carbonyl (C=O) groups excluding carboxylic acids is 1. The number of hydrogen-bond acceptors (Lipinski definition) is 3. The second kappa shape index (κ2) is 7.13. The molecule has 2 aromatic carbocycles. The van der Waals surface area contributed by atoms with Gasteiger partial charge in [0.1, 0.15) is 18.4 Å². The summed E-state index contributed by atoms with van der Waals surface area (Å²) in [6.07, 6.45) is 0. The lowest BCUT2D eigenvalue weighted by molar-refractivity contribution is 0.0699. The number of aromatic carboxylic acids is 1. The zero-order chi connectivity index (χ0) is 18.0. The molecule has 0 aliphatic heterocycles. The van der Waals surface area contributed by atoms with E-state index in [0.717, 1.165) is 11.0 Å². The van der Waals surface area contributed by atoms with Crippen LogP contribution < -0.4 is 10.8 Å². The van der Waals surface area contributed by atoms with Crippen molar-refractivity contribution in [3.8, 4) is 11.1 Å². The van der Waals surface area contributed by atoms with Gasteiger partial charge in [0.05, 0.1) is 0 Å². The smallest absolute Gasteiger partial charge is 0.339 e. The third-order valence-corrected chi connectivity index (χ3v) is 4.81. The molecule has 0 unspecified atom stereocenters. The van der Waals surface area contributed by atoms with Gasteiger partial charge in [-0.15, -0.1) is 11.3 Å². The van der Waals surface area contributed by atoms with Crippen LogP contribution in [0.2, 0.25) is 5.02 Å². The summed E-state index contributed by atoms with van der Waals surface area (Å²) in [5, 5.41) is 14.9. The predicted octanol–water partition coefficient (Wildman–Crippen LogP) is 3.28. The summed E-state index contributed by atoms with van der Waals surface area (Å²) in [6.45, 7) is 0. The van der Waals surface area contributed by atoms with E-state index < -0.39 is 5.97 Å². The maximum absolute atomic E-state index is 12.4. The Hall–Kier alpha value is -2.57. The highest BCUT2D eigenvalue weighted by molar-refractivity contribution is 7.15. The summed E-state index contributed by atoms with van der Waals surface area (Å²) in [7, 11) is 1.89. The van der Waals surface area contributed by atoms with Crippen LogP contribution in [0.25, 0.3) is 11.1 Å². The third-order valence-electron chi connectivity index (χ3n) is 3.67. The molecule has 3 aromatic rings. The van der Waals surface area contributed by atoms with Crippen LogP contribution in [0.15, 0.2) is 53.9 Å². The molecule has 0 aliphatic rings. The first kappa shape index (κ1) is 17.3. The van der Waals surface area contributed by atoms with Gasteiger partial charge >= 0.3 is 5.97 Å². The van der Waals surface area contributed by atoms with E-state index in [9.17, 15) is 14.7 Å². The number of nitrogens with one attached hydrogen (secondary N) is 1. The molecule has 1 amide bonds. The number of carbonyl (C=O) groups is 2. The van der Waals surface area contributed by atoms with Crippen molar-refractivity contribution < 1.29 is 14.7 Å². The van der Waals surface area contributed by atoms with E-state index >= 15 is 0 Å². The average Bonchev–Trinajstić information content (AvgIpc) is 2.99. The normalized spacial score (nSPS) is 10.4. The van der Waals surface area contributed by atoms with Crippen LogP contribution in [0.5, 0.6) is 0 Å². The first-order valence-electron chi connectivity index (χ1n) is 7.44. The van der Waals surface area contributed by atoms with E-state index in [0.29, 0.717) is 21.2 Å². The SMILES string of the molecule is Bc1cccc(C(=O)Nc2scc(-c3ccc(Cl)cc3)c2C(=O)O)c1. The standard InChI is InChI=1S/C18H13BClNO3S/c19-12-3-1-2-11(8-12)16(22)21-17-15(18(23)24)14(9-25-17)10-4-6-13(20)7-5-10/h1-9H,19H2,(H,21,22)(H,23,24). The molecule has 0 saturated carbocycles. The highest BCUT2D eigenvalue weighted by Crippen LogP contribution is 2.36. The van der Waals surface area contributed by atoms with E-state index in [1.165, 1.54) is 11.3 Å². The van der Waals surface area contributed by atoms with Crippen molar-refractivity contribution in [1.29, 1.82) is 0 Å². The maximum Gasteiger partial charge on any atom is 0.339 e. The first-order valence-corrected chi connectivity index (χ1v) is 8.70. The summed E-state index contributed by atoms with van der Waals surface area (Å²) in [5.41, 5.74) is 2.80. The summed E-state index contributed by atoms with van der Waals surface area (Å²) < 4.78 is 0. The Morgan fingerprint density at radius 2 is 1.84 bits per heavy atom. The van der Waals surface area contributed by atoms with Crippen molar-refractivity contribution >= 4 is 53.1 Å². The maximum atomic E-state index is 12.4. The van der Waals surface area contributed by atoms with Crippen molar-refractivity contribution in [3.05, 3.63) is 70.1 Å². The number of halogens is 1. The molecule has 0 spiro atoms. The van der Waals surface area contributed by atoms with E-state index in [1.807, 2.05) is 13.9 Å². The Bertz CT molecular complexity index is 953. The van der Waals surface area contributed by atoms with Gasteiger partial charge in [0, 0.05) is 21.5 Å². The summed E-state index contributed by atoms with van der Waals surface area (Å²) in [4.78, 5) is 24.2. The molecule has 0 bridgehead atoms. The van der Waals surface area contributed by atoms with Crippen LogP contribution in [0.3, 0.4) is 0 Å². The van der Waals surface area contributed by atoms with Gasteiger partial charge < -0.3 is 10.4 Å². The van der Waals surface area contributed by atoms with Crippen molar-refractivity contribution in [1.82, 2.24) is 0 Å². The molecule has 1 aromatic heterocycles. The Labute approximate surface area is 154 Å². The molecule has 0 saturated heterocycles. The van der Waals surface area contributed by atoms with Crippen LogP contribution in [-0.2, 0) is 0 Å². The van der Waals surface area contributed by atoms with Gasteiger partial charge in [-0.25, -0.2) is 4.79 Å². The van der Waals surface area contributed by atoms with Gasteiger partial charge in [0.15, 0.2) is 0 Å². The van der Waals surface area contributed by atoms with Gasteiger partial charge in [0.25, 0.3) is 5.91 Å². The lowest BCUT2D eigenvalue weighted by atomic mass is 9.94. The monoisotopic (exact) mass is 369 g/mol. The van der Waals surface area contributed by atoms with E-state index in [1.54, 1.807) is 47.8 Å². The quantitative estimate of drug-likeness (QED) is 0.694. The minimum absolute atomic E-state index is 0.0772. The fourth-order valence-corrected chi connectivity index (χ4v) is 3.55. The molecular weight excluding hydrogens is 357 g/mol. The van der Waals surface area contributed by atoms with Crippen LogP contribution >= 0.6 is 22.9 Å². The molecular formula is C18H13BClNO3S. The zero-order valence-corrected chi connectivity index (χ0v) is 14.8. The second-order valence-electron chi connectivity index (χ2n) is 5.49. The van der Waals surface area contributed by atoms with Crippen molar-refractivity contribution in [3.63, 3.8) is 0 Å². The van der Waals surface area contributed by atoms with E-state index in [2.05, 4.69) is 5.32 Å². The topological polar surface area (TPSA) is 66.4 Å². The Morgan fingerprint density at radius 3 is 2.48 bits per heavy atom. The Balaban J connectivity index is 1.96. The van der Waals surface area contributed by atoms with E-state index in [-0.39, 0.29) is 11.5 Å². The number of hydrogen-bond donors (Lipinski definition) is 2. The van der Waals surface area contributed by atoms with Crippen LogP contribution in [0.4, 0.5) is 5.00 Å². The van der Waals surface area contributed by atoms with Gasteiger partial charge in [0.2, 0.25) is 0 Å². The molecule has 0 radical (unpaired) electrons. The first-order chi connectivity index (χ1) is 12.0. The highest BCUT2D eigenvalue weighted by Gasteiger charge is 2.21. The van der Waals surface area contributed by atoms with Gasteiger partial charge in [-0.2, -0.15) is 0 Å². The lowest BCUT2D eigenvalue weighted by Crippen LogP contribution is -2.15. The summed E-state index contributed by atoms with van der Waals surface area (Å²) >= 11 is 7.07. The largest absolute Gasteiger partial charge is 0.478 e. The van der Waals surface area contributed by atoms with Crippen LogP contribution in [-0.4, -0.2) is 24.8 Å². The molecule has 4 nitrogen and oxygen atoms in total. The summed E-state index contributed by atoms with van der Waals surface area (Å²) in [6, 6.07) is 14.0. The van der Waals surface area contributed by atoms with Crippen molar-refractivity contribution in [2.75, 3.05) is 5.32 Å². The van der Waals surface area contributed by atoms with Crippen LogP contribution in [0.1, 0.15) is 20.7 Å². The molecule has 0 fully saturated rings.